The Balaban J connectivity index is 1.76. The van der Waals surface area contributed by atoms with E-state index in [0.717, 1.165) is 13.1 Å². The summed E-state index contributed by atoms with van der Waals surface area (Å²) in [6, 6.07) is 4.75. The van der Waals surface area contributed by atoms with Gasteiger partial charge in [0.25, 0.3) is 0 Å². The first-order valence-electron chi connectivity index (χ1n) is 5.28. The van der Waals surface area contributed by atoms with Crippen LogP contribution in [0.15, 0.2) is 24.5 Å². The van der Waals surface area contributed by atoms with Crippen LogP contribution in [0.2, 0.25) is 0 Å². The molecular formula is C11H17N3. The van der Waals surface area contributed by atoms with Crippen LogP contribution >= 0.6 is 0 Å². The summed E-state index contributed by atoms with van der Waals surface area (Å²) in [5.74, 6) is 0. The highest BCUT2D eigenvalue weighted by atomic mass is 15.0. The Labute approximate surface area is 84.9 Å². The lowest BCUT2D eigenvalue weighted by Crippen LogP contribution is -2.42. The molecule has 14 heavy (non-hydrogen) atoms. The van der Waals surface area contributed by atoms with Gasteiger partial charge in [-0.1, -0.05) is 0 Å². The Morgan fingerprint density at radius 1 is 1.43 bits per heavy atom. The minimum absolute atomic E-state index is 0.636. The molecule has 1 atom stereocenters. The van der Waals surface area contributed by atoms with Gasteiger partial charge >= 0.3 is 0 Å². The van der Waals surface area contributed by atoms with Gasteiger partial charge in [-0.15, -0.1) is 0 Å². The summed E-state index contributed by atoms with van der Waals surface area (Å²) in [4.78, 5) is 4.00. The quantitative estimate of drug-likeness (QED) is 0.746. The van der Waals surface area contributed by atoms with Crippen molar-refractivity contribution in [1.29, 1.82) is 0 Å². The number of rotatable bonds is 3. The lowest BCUT2D eigenvalue weighted by atomic mass is 10.1. The third-order valence-electron chi connectivity index (χ3n) is 2.64. The second kappa shape index (κ2) is 5.08. The molecule has 1 aromatic heterocycles. The van der Waals surface area contributed by atoms with Crippen LogP contribution < -0.4 is 10.6 Å². The Morgan fingerprint density at radius 2 is 2.29 bits per heavy atom. The molecule has 1 aromatic rings. The normalized spacial score (nSPS) is 22.1. The summed E-state index contributed by atoms with van der Waals surface area (Å²) in [6.45, 7) is 3.23. The molecule has 0 bridgehead atoms. The number of nitrogens with zero attached hydrogens (tertiary/aromatic N) is 1. The highest BCUT2D eigenvalue weighted by Gasteiger charge is 2.11. The van der Waals surface area contributed by atoms with Crippen molar-refractivity contribution in [1.82, 2.24) is 15.6 Å². The Kier molecular flexibility index (Phi) is 3.49. The van der Waals surface area contributed by atoms with Crippen LogP contribution in [0, 0.1) is 0 Å². The predicted molar refractivity (Wildman–Crippen MR) is 57.0 cm³/mol. The molecule has 3 nitrogen and oxygen atoms in total. The molecule has 1 aliphatic rings. The van der Waals surface area contributed by atoms with Gasteiger partial charge in [-0.2, -0.15) is 0 Å². The van der Waals surface area contributed by atoms with Crippen molar-refractivity contribution in [3.8, 4) is 0 Å². The number of pyridine rings is 1. The van der Waals surface area contributed by atoms with E-state index in [1.54, 1.807) is 0 Å². The van der Waals surface area contributed by atoms with Crippen molar-refractivity contribution in [3.05, 3.63) is 30.1 Å². The minimum atomic E-state index is 0.636. The van der Waals surface area contributed by atoms with E-state index >= 15 is 0 Å². The SMILES string of the molecule is c1cc(CN[C@H]2CCCNC2)ccn1. The van der Waals surface area contributed by atoms with E-state index in [1.807, 2.05) is 12.4 Å². The van der Waals surface area contributed by atoms with Crippen LogP contribution in [-0.4, -0.2) is 24.1 Å². The van der Waals surface area contributed by atoms with E-state index in [9.17, 15) is 0 Å². The van der Waals surface area contributed by atoms with Crippen molar-refractivity contribution in [2.24, 2.45) is 0 Å². The number of hydrogen-bond donors (Lipinski definition) is 2. The minimum Gasteiger partial charge on any atom is -0.315 e. The predicted octanol–water partition coefficient (Wildman–Crippen LogP) is 0.923. The highest BCUT2D eigenvalue weighted by molar-refractivity contribution is 5.09. The fraction of sp³-hybridized carbons (Fsp3) is 0.545. The van der Waals surface area contributed by atoms with Gasteiger partial charge in [0.1, 0.15) is 0 Å². The summed E-state index contributed by atoms with van der Waals surface area (Å²) in [7, 11) is 0. The van der Waals surface area contributed by atoms with Gasteiger partial charge in [0.2, 0.25) is 0 Å². The molecule has 0 unspecified atom stereocenters. The molecule has 1 saturated heterocycles. The fourth-order valence-corrected chi connectivity index (χ4v) is 1.79. The van der Waals surface area contributed by atoms with Gasteiger partial charge in [-0.05, 0) is 37.1 Å². The molecule has 0 amide bonds. The van der Waals surface area contributed by atoms with Crippen molar-refractivity contribution in [3.63, 3.8) is 0 Å². The number of hydrogen-bond acceptors (Lipinski definition) is 3. The summed E-state index contributed by atoms with van der Waals surface area (Å²) < 4.78 is 0. The van der Waals surface area contributed by atoms with Gasteiger partial charge in [-0.3, -0.25) is 4.98 Å². The van der Waals surface area contributed by atoms with Gasteiger partial charge in [0, 0.05) is 31.5 Å². The molecule has 1 fully saturated rings. The van der Waals surface area contributed by atoms with Gasteiger partial charge in [0.15, 0.2) is 0 Å². The Hall–Kier alpha value is -0.930. The second-order valence-corrected chi connectivity index (χ2v) is 3.78. The molecule has 0 radical (unpaired) electrons. The molecule has 0 saturated carbocycles. The van der Waals surface area contributed by atoms with E-state index in [-0.39, 0.29) is 0 Å². The first kappa shape index (κ1) is 9.62. The van der Waals surface area contributed by atoms with Crippen LogP contribution in [0.4, 0.5) is 0 Å². The van der Waals surface area contributed by atoms with E-state index < -0.39 is 0 Å². The smallest absolute Gasteiger partial charge is 0.0271 e. The van der Waals surface area contributed by atoms with Crippen LogP contribution in [0.3, 0.4) is 0 Å². The van der Waals surface area contributed by atoms with Crippen LogP contribution in [-0.2, 0) is 6.54 Å². The van der Waals surface area contributed by atoms with Gasteiger partial charge < -0.3 is 10.6 Å². The molecule has 1 aliphatic heterocycles. The number of nitrogens with one attached hydrogen (secondary N) is 2. The van der Waals surface area contributed by atoms with Crippen molar-refractivity contribution in [2.75, 3.05) is 13.1 Å². The first-order chi connectivity index (χ1) is 6.95. The number of piperidine rings is 1. The zero-order valence-electron chi connectivity index (χ0n) is 8.37. The van der Waals surface area contributed by atoms with Crippen molar-refractivity contribution < 1.29 is 0 Å². The third-order valence-corrected chi connectivity index (χ3v) is 2.64. The Bertz CT molecular complexity index is 254. The average molecular weight is 191 g/mol. The summed E-state index contributed by atoms with van der Waals surface area (Å²) in [6.07, 6.45) is 6.26. The van der Waals surface area contributed by atoms with E-state index in [4.69, 9.17) is 0 Å². The topological polar surface area (TPSA) is 37.0 Å². The zero-order valence-corrected chi connectivity index (χ0v) is 8.37. The van der Waals surface area contributed by atoms with Crippen molar-refractivity contribution >= 4 is 0 Å². The maximum atomic E-state index is 4.00. The van der Waals surface area contributed by atoms with Gasteiger partial charge in [-0.25, -0.2) is 0 Å². The standard InChI is InChI=1S/C11H17N3/c1-2-11(9-13-5-1)14-8-10-3-6-12-7-4-10/h3-4,6-7,11,13-14H,1-2,5,8-9H2/t11-/m0/s1. The zero-order chi connectivity index (χ0) is 9.64. The molecule has 3 heteroatoms. The molecule has 2 N–H and O–H groups in total. The molecule has 0 aliphatic carbocycles. The first-order valence-corrected chi connectivity index (χ1v) is 5.28. The molecule has 0 spiro atoms. The molecule has 2 rings (SSSR count). The lowest BCUT2D eigenvalue weighted by molar-refractivity contribution is 0.389. The van der Waals surface area contributed by atoms with Crippen LogP contribution in [0.1, 0.15) is 18.4 Å². The van der Waals surface area contributed by atoms with E-state index in [0.29, 0.717) is 6.04 Å². The summed E-state index contributed by atoms with van der Waals surface area (Å²) in [5, 5.41) is 6.94. The van der Waals surface area contributed by atoms with Crippen molar-refractivity contribution in [2.45, 2.75) is 25.4 Å². The second-order valence-electron chi connectivity index (χ2n) is 3.78. The maximum absolute atomic E-state index is 4.00. The average Bonchev–Trinajstić information content (AvgIpc) is 2.29. The Morgan fingerprint density at radius 3 is 3.00 bits per heavy atom. The molecule has 2 heterocycles. The lowest BCUT2D eigenvalue weighted by Gasteiger charge is -2.23. The molecular weight excluding hydrogens is 174 g/mol. The summed E-state index contributed by atoms with van der Waals surface area (Å²) >= 11 is 0. The number of aromatic nitrogens is 1. The third kappa shape index (κ3) is 2.79. The van der Waals surface area contributed by atoms with Crippen LogP contribution in [0.25, 0.3) is 0 Å². The van der Waals surface area contributed by atoms with Gasteiger partial charge in [0.05, 0.1) is 0 Å². The van der Waals surface area contributed by atoms with E-state index in [2.05, 4.69) is 27.8 Å². The van der Waals surface area contributed by atoms with E-state index in [1.165, 1.54) is 24.9 Å². The highest BCUT2D eigenvalue weighted by Crippen LogP contribution is 2.03. The largest absolute Gasteiger partial charge is 0.315 e. The molecule has 76 valence electrons. The summed E-state index contributed by atoms with van der Waals surface area (Å²) in [5.41, 5.74) is 1.31. The molecule has 0 aromatic carbocycles. The maximum Gasteiger partial charge on any atom is 0.0271 e. The van der Waals surface area contributed by atoms with Crippen LogP contribution in [0.5, 0.6) is 0 Å². The monoisotopic (exact) mass is 191 g/mol. The fourth-order valence-electron chi connectivity index (χ4n) is 1.79.